The van der Waals surface area contributed by atoms with Gasteiger partial charge in [0.05, 0.1) is 9.77 Å². The molecule has 2 fully saturated rings. The van der Waals surface area contributed by atoms with E-state index in [0.717, 1.165) is 17.9 Å². The van der Waals surface area contributed by atoms with Crippen LogP contribution in [0.25, 0.3) is 0 Å². The molecule has 0 aromatic heterocycles. The first-order chi connectivity index (χ1) is 13.4. The molecular formula is C20H21FN2O3S2. The molecule has 1 amide bonds. The number of hydrogen-bond donors (Lipinski definition) is 0. The molecule has 8 heteroatoms. The van der Waals surface area contributed by atoms with Gasteiger partial charge in [-0.2, -0.15) is 4.31 Å². The number of piperidine rings is 1. The molecule has 2 saturated heterocycles. The fourth-order valence-corrected chi connectivity index (χ4v) is 6.77. The zero-order valence-corrected chi connectivity index (χ0v) is 16.9. The highest BCUT2D eigenvalue weighted by atomic mass is 32.2. The zero-order chi connectivity index (χ0) is 19.8. The molecule has 0 saturated carbocycles. The summed E-state index contributed by atoms with van der Waals surface area (Å²) >= 11 is 1.74. The highest BCUT2D eigenvalue weighted by Gasteiger charge is 2.48. The average Bonchev–Trinajstić information content (AvgIpc) is 3.11. The minimum Gasteiger partial charge on any atom is -0.323 e. The number of nitrogens with zero attached hydrogens (tertiary/aromatic N) is 2. The summed E-state index contributed by atoms with van der Waals surface area (Å²) in [6, 6.07) is 14.1. The molecule has 5 nitrogen and oxygen atoms in total. The number of rotatable bonds is 3. The number of carbonyl (C=O) groups is 1. The van der Waals surface area contributed by atoms with Gasteiger partial charge in [-0.1, -0.05) is 18.2 Å². The van der Waals surface area contributed by atoms with Crippen LogP contribution in [0.5, 0.6) is 0 Å². The first-order valence-corrected chi connectivity index (χ1v) is 11.6. The van der Waals surface area contributed by atoms with E-state index in [1.54, 1.807) is 11.8 Å². The van der Waals surface area contributed by atoms with Crippen LogP contribution in [0.15, 0.2) is 59.5 Å². The third-order valence-electron chi connectivity index (χ3n) is 5.40. The van der Waals surface area contributed by atoms with Crippen molar-refractivity contribution in [2.75, 3.05) is 25.4 Å². The SMILES string of the molecule is O=C(c1ccccc1)N1CCSC12CCN(S(=O)(=O)c1ccc(F)cc1)CC2. The number of carbonyl (C=O) groups excluding carboxylic acids is 1. The average molecular weight is 421 g/mol. The summed E-state index contributed by atoms with van der Waals surface area (Å²) in [7, 11) is -3.66. The van der Waals surface area contributed by atoms with Crippen LogP contribution in [-0.2, 0) is 10.0 Å². The second-order valence-electron chi connectivity index (χ2n) is 6.98. The van der Waals surface area contributed by atoms with Crippen LogP contribution in [0.2, 0.25) is 0 Å². The molecule has 0 aliphatic carbocycles. The molecule has 2 heterocycles. The Hall–Kier alpha value is -1.90. The van der Waals surface area contributed by atoms with Gasteiger partial charge in [-0.15, -0.1) is 11.8 Å². The molecule has 2 aromatic carbocycles. The normalized spacial score (nSPS) is 19.8. The Morgan fingerprint density at radius 3 is 2.25 bits per heavy atom. The molecule has 0 unspecified atom stereocenters. The summed E-state index contributed by atoms with van der Waals surface area (Å²) in [4.78, 5) is 14.6. The van der Waals surface area contributed by atoms with E-state index in [1.165, 1.54) is 16.4 Å². The van der Waals surface area contributed by atoms with Crippen molar-refractivity contribution >= 4 is 27.7 Å². The smallest absolute Gasteiger partial charge is 0.254 e. The molecule has 28 heavy (non-hydrogen) atoms. The third kappa shape index (κ3) is 3.44. The van der Waals surface area contributed by atoms with Gasteiger partial charge in [-0.05, 0) is 49.2 Å². The van der Waals surface area contributed by atoms with Crippen molar-refractivity contribution in [3.05, 3.63) is 66.0 Å². The van der Waals surface area contributed by atoms with E-state index >= 15 is 0 Å². The third-order valence-corrected chi connectivity index (χ3v) is 8.86. The molecule has 0 radical (unpaired) electrons. The van der Waals surface area contributed by atoms with Crippen LogP contribution in [0.3, 0.4) is 0 Å². The Bertz CT molecular complexity index is 957. The predicted octanol–water partition coefficient (Wildman–Crippen LogP) is 3.20. The maximum absolute atomic E-state index is 13.1. The van der Waals surface area contributed by atoms with Gasteiger partial charge in [-0.3, -0.25) is 4.79 Å². The predicted molar refractivity (Wildman–Crippen MR) is 107 cm³/mol. The number of sulfonamides is 1. The van der Waals surface area contributed by atoms with Crippen LogP contribution in [-0.4, -0.2) is 53.8 Å². The Morgan fingerprint density at radius 2 is 1.61 bits per heavy atom. The Morgan fingerprint density at radius 1 is 0.964 bits per heavy atom. The zero-order valence-electron chi connectivity index (χ0n) is 15.3. The second kappa shape index (κ2) is 7.50. The lowest BCUT2D eigenvalue weighted by Crippen LogP contribution is -2.53. The second-order valence-corrected chi connectivity index (χ2v) is 10.4. The highest BCUT2D eigenvalue weighted by Crippen LogP contribution is 2.45. The summed E-state index contributed by atoms with van der Waals surface area (Å²) in [5.74, 6) is 0.387. The topological polar surface area (TPSA) is 57.7 Å². The summed E-state index contributed by atoms with van der Waals surface area (Å²) in [6.07, 6.45) is 1.16. The van der Waals surface area contributed by atoms with E-state index in [4.69, 9.17) is 0 Å². The standard InChI is InChI=1S/C20H21FN2O3S2/c21-17-6-8-18(9-7-17)28(25,26)22-12-10-20(11-13-22)23(14-15-27-20)19(24)16-4-2-1-3-5-16/h1-9H,10-15H2. The van der Waals surface area contributed by atoms with Crippen molar-refractivity contribution < 1.29 is 17.6 Å². The fraction of sp³-hybridized carbons (Fsp3) is 0.350. The van der Waals surface area contributed by atoms with Gasteiger partial charge in [-0.25, -0.2) is 12.8 Å². The van der Waals surface area contributed by atoms with Crippen molar-refractivity contribution in [2.45, 2.75) is 22.6 Å². The number of thioether (sulfide) groups is 1. The molecule has 4 rings (SSSR count). The lowest BCUT2D eigenvalue weighted by atomic mass is 10.0. The lowest BCUT2D eigenvalue weighted by Gasteiger charge is -2.43. The number of halogens is 1. The fourth-order valence-electron chi connectivity index (χ4n) is 3.88. The summed E-state index contributed by atoms with van der Waals surface area (Å²) < 4.78 is 40.3. The van der Waals surface area contributed by atoms with Crippen molar-refractivity contribution in [1.29, 1.82) is 0 Å². The van der Waals surface area contributed by atoms with E-state index in [1.807, 2.05) is 35.2 Å². The van der Waals surface area contributed by atoms with E-state index in [0.29, 0.717) is 38.0 Å². The van der Waals surface area contributed by atoms with Crippen molar-refractivity contribution in [3.8, 4) is 0 Å². The van der Waals surface area contributed by atoms with E-state index in [2.05, 4.69) is 0 Å². The van der Waals surface area contributed by atoms with Crippen LogP contribution in [0, 0.1) is 5.82 Å². The first kappa shape index (κ1) is 19.4. The Labute approximate surface area is 168 Å². The number of amides is 1. The Kier molecular flexibility index (Phi) is 5.20. The monoisotopic (exact) mass is 420 g/mol. The lowest BCUT2D eigenvalue weighted by molar-refractivity contribution is 0.0605. The maximum atomic E-state index is 13.1. The van der Waals surface area contributed by atoms with Crippen molar-refractivity contribution in [3.63, 3.8) is 0 Å². The first-order valence-electron chi connectivity index (χ1n) is 9.19. The van der Waals surface area contributed by atoms with Crippen molar-refractivity contribution in [1.82, 2.24) is 9.21 Å². The summed E-state index contributed by atoms with van der Waals surface area (Å²) in [5, 5.41) is 0. The summed E-state index contributed by atoms with van der Waals surface area (Å²) in [5.41, 5.74) is 0.658. The molecule has 0 bridgehead atoms. The van der Waals surface area contributed by atoms with Crippen LogP contribution >= 0.6 is 11.8 Å². The molecule has 2 aliphatic rings. The van der Waals surface area contributed by atoms with Crippen LogP contribution in [0.4, 0.5) is 4.39 Å². The van der Waals surface area contributed by atoms with Gasteiger partial charge in [0.25, 0.3) is 5.91 Å². The molecule has 148 valence electrons. The highest BCUT2D eigenvalue weighted by molar-refractivity contribution is 8.00. The van der Waals surface area contributed by atoms with Crippen LogP contribution in [0.1, 0.15) is 23.2 Å². The molecule has 0 N–H and O–H groups in total. The van der Waals surface area contributed by atoms with Crippen molar-refractivity contribution in [2.24, 2.45) is 0 Å². The molecule has 1 spiro atoms. The minimum absolute atomic E-state index is 0.000409. The Balaban J connectivity index is 1.51. The number of benzene rings is 2. The van der Waals surface area contributed by atoms with Crippen LogP contribution < -0.4 is 0 Å². The van der Waals surface area contributed by atoms with Gasteiger partial charge in [0.2, 0.25) is 10.0 Å². The largest absolute Gasteiger partial charge is 0.323 e. The molecule has 2 aromatic rings. The van der Waals surface area contributed by atoms with Gasteiger partial charge in [0, 0.05) is 31.0 Å². The van der Waals surface area contributed by atoms with Gasteiger partial charge >= 0.3 is 0 Å². The van der Waals surface area contributed by atoms with E-state index in [-0.39, 0.29) is 15.7 Å². The van der Waals surface area contributed by atoms with Gasteiger partial charge in [0.1, 0.15) is 5.82 Å². The quantitative estimate of drug-likeness (QED) is 0.765. The summed E-state index contributed by atoms with van der Waals surface area (Å²) in [6.45, 7) is 1.35. The molecular weight excluding hydrogens is 399 g/mol. The number of hydrogen-bond acceptors (Lipinski definition) is 4. The van der Waals surface area contributed by atoms with Gasteiger partial charge in [0.15, 0.2) is 0 Å². The molecule has 2 aliphatic heterocycles. The van der Waals surface area contributed by atoms with E-state index < -0.39 is 15.8 Å². The minimum atomic E-state index is -3.66. The molecule has 0 atom stereocenters. The van der Waals surface area contributed by atoms with E-state index in [9.17, 15) is 17.6 Å². The maximum Gasteiger partial charge on any atom is 0.254 e. The van der Waals surface area contributed by atoms with Gasteiger partial charge < -0.3 is 4.90 Å².